The van der Waals surface area contributed by atoms with Gasteiger partial charge in [0.2, 0.25) is 0 Å². The second-order valence-electron chi connectivity index (χ2n) is 11.4. The highest BCUT2D eigenvalue weighted by atomic mass is 35.5. The summed E-state index contributed by atoms with van der Waals surface area (Å²) in [5.74, 6) is 0. The van der Waals surface area contributed by atoms with Crippen LogP contribution in [0.4, 0.5) is 16.2 Å². The lowest BCUT2D eigenvalue weighted by Crippen LogP contribution is -2.50. The number of hydrogen-bond acceptors (Lipinski definition) is 6. The SMILES string of the molecule is CC(C)(C)OCCC(C)(C)OC(=O)N1CCN(CCCN2c3ccccc3Sc3ccc(Cl)cc32)CC1. The molecule has 0 atom stereocenters. The fourth-order valence-electron chi connectivity index (χ4n) is 4.60. The molecule has 2 aromatic rings. The van der Waals surface area contributed by atoms with E-state index in [4.69, 9.17) is 21.1 Å². The van der Waals surface area contributed by atoms with E-state index < -0.39 is 5.60 Å². The number of amides is 1. The van der Waals surface area contributed by atoms with Crippen LogP contribution < -0.4 is 4.90 Å². The van der Waals surface area contributed by atoms with Crippen molar-refractivity contribution in [2.45, 2.75) is 68.5 Å². The van der Waals surface area contributed by atoms with Gasteiger partial charge in [-0.05, 0) is 77.9 Å². The van der Waals surface area contributed by atoms with Gasteiger partial charge in [-0.1, -0.05) is 35.5 Å². The van der Waals surface area contributed by atoms with E-state index in [-0.39, 0.29) is 11.7 Å². The van der Waals surface area contributed by atoms with Gasteiger partial charge in [-0.2, -0.15) is 0 Å². The van der Waals surface area contributed by atoms with E-state index in [0.717, 1.165) is 37.6 Å². The Bertz CT molecular complexity index is 1080. The minimum Gasteiger partial charge on any atom is -0.443 e. The number of para-hydroxylation sites is 1. The highest BCUT2D eigenvalue weighted by molar-refractivity contribution is 7.99. The minimum absolute atomic E-state index is 0.191. The topological polar surface area (TPSA) is 45.3 Å². The third-order valence-electron chi connectivity index (χ3n) is 6.68. The molecule has 2 heterocycles. The molecule has 2 aromatic carbocycles. The fraction of sp³-hybridized carbons (Fsp3) is 0.552. The standard InChI is InChI=1S/C29H40ClN3O3S/c1-28(2,3)35-20-13-29(4,5)36-27(34)32-18-16-31(17-19-32)14-8-15-33-23-9-6-7-10-25(23)37-26-12-11-22(30)21-24(26)33/h6-7,9-12,21H,8,13-20H2,1-5H3. The molecule has 0 radical (unpaired) electrons. The molecule has 8 heteroatoms. The summed E-state index contributed by atoms with van der Waals surface area (Å²) in [4.78, 5) is 22.0. The Labute approximate surface area is 231 Å². The van der Waals surface area contributed by atoms with Crippen LogP contribution in [0.2, 0.25) is 5.02 Å². The van der Waals surface area contributed by atoms with E-state index in [1.54, 1.807) is 11.8 Å². The Morgan fingerprint density at radius 2 is 1.65 bits per heavy atom. The van der Waals surface area contributed by atoms with Gasteiger partial charge in [-0.15, -0.1) is 0 Å². The van der Waals surface area contributed by atoms with Crippen molar-refractivity contribution in [2.75, 3.05) is 50.8 Å². The second-order valence-corrected chi connectivity index (χ2v) is 12.9. The maximum atomic E-state index is 12.8. The Morgan fingerprint density at radius 1 is 0.946 bits per heavy atom. The third-order valence-corrected chi connectivity index (χ3v) is 8.04. The van der Waals surface area contributed by atoms with Gasteiger partial charge in [0.25, 0.3) is 0 Å². The molecule has 1 fully saturated rings. The first kappa shape index (κ1) is 28.1. The predicted molar refractivity (Wildman–Crippen MR) is 153 cm³/mol. The van der Waals surface area contributed by atoms with E-state index in [9.17, 15) is 4.79 Å². The largest absolute Gasteiger partial charge is 0.443 e. The number of halogens is 1. The maximum Gasteiger partial charge on any atom is 0.410 e. The van der Waals surface area contributed by atoms with Crippen LogP contribution in [0.15, 0.2) is 52.3 Å². The second kappa shape index (κ2) is 11.9. The summed E-state index contributed by atoms with van der Waals surface area (Å²) < 4.78 is 11.6. The lowest BCUT2D eigenvalue weighted by molar-refractivity contribution is -0.0483. The number of hydrogen-bond donors (Lipinski definition) is 0. The molecule has 37 heavy (non-hydrogen) atoms. The van der Waals surface area contributed by atoms with Crippen LogP contribution in [0.1, 0.15) is 47.5 Å². The summed E-state index contributed by atoms with van der Waals surface area (Å²) in [6.45, 7) is 15.6. The zero-order valence-electron chi connectivity index (χ0n) is 22.8. The normalized spacial score (nSPS) is 16.4. The van der Waals surface area contributed by atoms with Gasteiger partial charge in [0.05, 0.1) is 23.6 Å². The molecule has 0 bridgehead atoms. The van der Waals surface area contributed by atoms with Gasteiger partial charge in [0.1, 0.15) is 5.60 Å². The molecular formula is C29H40ClN3O3S. The average Bonchev–Trinajstić information content (AvgIpc) is 2.83. The first-order chi connectivity index (χ1) is 17.5. The quantitative estimate of drug-likeness (QED) is 0.353. The highest BCUT2D eigenvalue weighted by Crippen LogP contribution is 2.48. The van der Waals surface area contributed by atoms with Gasteiger partial charge in [0, 0.05) is 54.0 Å². The van der Waals surface area contributed by atoms with Crippen LogP contribution in [0.3, 0.4) is 0 Å². The Hall–Kier alpha value is -1.93. The van der Waals surface area contributed by atoms with Crippen molar-refractivity contribution >= 4 is 40.8 Å². The van der Waals surface area contributed by atoms with E-state index in [1.165, 1.54) is 21.2 Å². The number of rotatable bonds is 8. The zero-order valence-corrected chi connectivity index (χ0v) is 24.3. The number of nitrogens with zero attached hydrogens (tertiary/aromatic N) is 3. The molecule has 0 unspecified atom stereocenters. The van der Waals surface area contributed by atoms with E-state index in [1.807, 2.05) is 45.6 Å². The Kier molecular flexibility index (Phi) is 9.00. The minimum atomic E-state index is -0.554. The number of fused-ring (bicyclic) bond motifs is 2. The van der Waals surface area contributed by atoms with Crippen molar-refractivity contribution in [1.82, 2.24) is 9.80 Å². The monoisotopic (exact) mass is 545 g/mol. The summed E-state index contributed by atoms with van der Waals surface area (Å²) in [6, 6.07) is 14.7. The summed E-state index contributed by atoms with van der Waals surface area (Å²) in [5, 5.41) is 0.761. The van der Waals surface area contributed by atoms with Crippen molar-refractivity contribution in [1.29, 1.82) is 0 Å². The van der Waals surface area contributed by atoms with Gasteiger partial charge >= 0.3 is 6.09 Å². The average molecular weight is 546 g/mol. The molecule has 4 rings (SSSR count). The molecule has 0 saturated carbocycles. The molecule has 1 amide bonds. The van der Waals surface area contributed by atoms with Gasteiger partial charge in [0.15, 0.2) is 0 Å². The number of carbonyl (C=O) groups is 1. The molecule has 6 nitrogen and oxygen atoms in total. The summed E-state index contributed by atoms with van der Waals surface area (Å²) in [6.07, 6.45) is 1.47. The molecule has 0 aromatic heterocycles. The van der Waals surface area contributed by atoms with Crippen molar-refractivity contribution in [2.24, 2.45) is 0 Å². The lowest BCUT2D eigenvalue weighted by Gasteiger charge is -2.37. The zero-order chi connectivity index (χ0) is 26.6. The van der Waals surface area contributed by atoms with Crippen molar-refractivity contribution < 1.29 is 14.3 Å². The number of anilines is 2. The van der Waals surface area contributed by atoms with Crippen LogP contribution in [0, 0.1) is 0 Å². The van der Waals surface area contributed by atoms with E-state index in [0.29, 0.717) is 26.1 Å². The molecule has 2 aliphatic heterocycles. The summed E-state index contributed by atoms with van der Waals surface area (Å²) in [7, 11) is 0. The molecule has 1 saturated heterocycles. The number of piperazine rings is 1. The van der Waals surface area contributed by atoms with Crippen LogP contribution in [-0.4, -0.2) is 73.0 Å². The Balaban J connectivity index is 1.24. The van der Waals surface area contributed by atoms with Crippen molar-refractivity contribution in [3.05, 3.63) is 47.5 Å². The molecule has 0 aliphatic carbocycles. The first-order valence-corrected chi connectivity index (χ1v) is 14.4. The molecule has 0 spiro atoms. The molecule has 202 valence electrons. The molecule has 0 N–H and O–H groups in total. The number of ether oxygens (including phenoxy) is 2. The smallest absolute Gasteiger partial charge is 0.410 e. The highest BCUT2D eigenvalue weighted by Gasteiger charge is 2.29. The fourth-order valence-corrected chi connectivity index (χ4v) is 5.85. The molecule has 2 aliphatic rings. The summed E-state index contributed by atoms with van der Waals surface area (Å²) >= 11 is 8.16. The lowest BCUT2D eigenvalue weighted by atomic mass is 10.1. The van der Waals surface area contributed by atoms with Gasteiger partial charge in [-0.25, -0.2) is 4.79 Å². The number of benzene rings is 2. The van der Waals surface area contributed by atoms with Crippen molar-refractivity contribution in [3.8, 4) is 0 Å². The Morgan fingerprint density at radius 3 is 2.38 bits per heavy atom. The van der Waals surface area contributed by atoms with Crippen LogP contribution in [0.5, 0.6) is 0 Å². The van der Waals surface area contributed by atoms with E-state index >= 15 is 0 Å². The molecular weight excluding hydrogens is 506 g/mol. The van der Waals surface area contributed by atoms with Gasteiger partial charge in [-0.3, -0.25) is 4.90 Å². The van der Waals surface area contributed by atoms with Crippen molar-refractivity contribution in [3.63, 3.8) is 0 Å². The maximum absolute atomic E-state index is 12.8. The predicted octanol–water partition coefficient (Wildman–Crippen LogP) is 7.07. The van der Waals surface area contributed by atoms with Crippen LogP contribution in [-0.2, 0) is 9.47 Å². The summed E-state index contributed by atoms with van der Waals surface area (Å²) in [5.41, 5.74) is 1.68. The van der Waals surface area contributed by atoms with Crippen LogP contribution in [0.25, 0.3) is 0 Å². The van der Waals surface area contributed by atoms with E-state index in [2.05, 4.69) is 46.2 Å². The van der Waals surface area contributed by atoms with Gasteiger partial charge < -0.3 is 19.3 Å². The first-order valence-electron chi connectivity index (χ1n) is 13.2. The number of carbonyl (C=O) groups excluding carboxylic acids is 1. The van der Waals surface area contributed by atoms with Crippen LogP contribution >= 0.6 is 23.4 Å². The third kappa shape index (κ3) is 7.79.